The molecule has 1 atom stereocenters. The van der Waals surface area contributed by atoms with E-state index in [0.717, 1.165) is 17.3 Å². The molecule has 88 valence electrons. The summed E-state index contributed by atoms with van der Waals surface area (Å²) in [6, 6.07) is 6.79. The monoisotopic (exact) mass is 304 g/mol. The Morgan fingerprint density at radius 2 is 2.25 bits per heavy atom. The first-order valence-electron chi connectivity index (χ1n) is 5.18. The van der Waals surface area contributed by atoms with Gasteiger partial charge in [-0.05, 0) is 31.0 Å². The van der Waals surface area contributed by atoms with Crippen LogP contribution in [0.4, 0.5) is 0 Å². The van der Waals surface area contributed by atoms with Crippen molar-refractivity contribution < 1.29 is 13.2 Å². The zero-order valence-electron chi connectivity index (χ0n) is 8.73. The summed E-state index contributed by atoms with van der Waals surface area (Å²) < 4.78 is 30.2. The van der Waals surface area contributed by atoms with E-state index in [0.29, 0.717) is 11.5 Å². The summed E-state index contributed by atoms with van der Waals surface area (Å²) in [4.78, 5) is 0.359. The van der Waals surface area contributed by atoms with Crippen LogP contribution in [0.1, 0.15) is 12.8 Å². The van der Waals surface area contributed by atoms with E-state index < -0.39 is 9.84 Å². The van der Waals surface area contributed by atoms with Gasteiger partial charge in [0.1, 0.15) is 0 Å². The van der Waals surface area contributed by atoms with Crippen LogP contribution >= 0.6 is 15.9 Å². The van der Waals surface area contributed by atoms with Gasteiger partial charge in [0.15, 0.2) is 9.84 Å². The minimum Gasteiger partial charge on any atom is -0.377 e. The number of benzene rings is 1. The molecule has 1 aliphatic rings. The number of ether oxygens (including phenoxy) is 1. The van der Waals surface area contributed by atoms with Crippen molar-refractivity contribution in [3.05, 3.63) is 28.7 Å². The Kier molecular flexibility index (Phi) is 3.66. The van der Waals surface area contributed by atoms with Crippen molar-refractivity contribution >= 4 is 25.8 Å². The van der Waals surface area contributed by atoms with E-state index in [4.69, 9.17) is 4.74 Å². The molecule has 3 nitrogen and oxygen atoms in total. The van der Waals surface area contributed by atoms with Crippen LogP contribution in [0.25, 0.3) is 0 Å². The fourth-order valence-corrected chi connectivity index (χ4v) is 3.87. The summed E-state index contributed by atoms with van der Waals surface area (Å²) in [5.41, 5.74) is 0. The van der Waals surface area contributed by atoms with Crippen molar-refractivity contribution in [2.45, 2.75) is 23.8 Å². The molecule has 0 spiro atoms. The molecule has 1 fully saturated rings. The molecule has 1 aromatic rings. The molecule has 0 radical (unpaired) electrons. The number of rotatable bonds is 3. The molecule has 16 heavy (non-hydrogen) atoms. The van der Waals surface area contributed by atoms with Crippen LogP contribution in [-0.2, 0) is 14.6 Å². The fraction of sp³-hybridized carbons (Fsp3) is 0.455. The topological polar surface area (TPSA) is 43.4 Å². The van der Waals surface area contributed by atoms with Crippen LogP contribution in [0, 0.1) is 0 Å². The van der Waals surface area contributed by atoms with Crippen molar-refractivity contribution in [1.29, 1.82) is 0 Å². The molecule has 2 rings (SSSR count). The molecule has 1 saturated heterocycles. The zero-order chi connectivity index (χ0) is 11.6. The first-order chi connectivity index (χ1) is 7.58. The molecule has 0 unspecified atom stereocenters. The van der Waals surface area contributed by atoms with Gasteiger partial charge < -0.3 is 4.74 Å². The zero-order valence-corrected chi connectivity index (χ0v) is 11.1. The van der Waals surface area contributed by atoms with Crippen molar-refractivity contribution in [2.75, 3.05) is 12.4 Å². The lowest BCUT2D eigenvalue weighted by Crippen LogP contribution is -2.20. The minimum absolute atomic E-state index is 0.0868. The maximum atomic E-state index is 12.0. The van der Waals surface area contributed by atoms with Gasteiger partial charge in [0.25, 0.3) is 0 Å². The van der Waals surface area contributed by atoms with Gasteiger partial charge in [-0.25, -0.2) is 8.42 Å². The first-order valence-corrected chi connectivity index (χ1v) is 7.62. The third-order valence-electron chi connectivity index (χ3n) is 2.58. The quantitative estimate of drug-likeness (QED) is 0.861. The molecule has 1 heterocycles. The van der Waals surface area contributed by atoms with Crippen LogP contribution in [0.2, 0.25) is 0 Å². The molecule has 0 aliphatic carbocycles. The third kappa shape index (κ3) is 2.84. The Hall–Kier alpha value is -0.390. The molecule has 5 heteroatoms. The molecular formula is C11H13BrO3S. The summed E-state index contributed by atoms with van der Waals surface area (Å²) in [5, 5.41) is 0. The standard InChI is InChI=1S/C11H13BrO3S/c12-9-3-1-5-11(7-9)16(13,14)8-10-4-2-6-15-10/h1,3,5,7,10H,2,4,6,8H2/t10-/m1/s1. The second-order valence-electron chi connectivity index (χ2n) is 3.87. The summed E-state index contributed by atoms with van der Waals surface area (Å²) in [6.07, 6.45) is 1.66. The highest BCUT2D eigenvalue weighted by atomic mass is 79.9. The summed E-state index contributed by atoms with van der Waals surface area (Å²) >= 11 is 3.27. The van der Waals surface area contributed by atoms with E-state index >= 15 is 0 Å². The van der Waals surface area contributed by atoms with E-state index in [9.17, 15) is 8.42 Å². The summed E-state index contributed by atoms with van der Waals surface area (Å²) in [6.45, 7) is 0.679. The van der Waals surface area contributed by atoms with Gasteiger partial charge in [-0.15, -0.1) is 0 Å². The molecule has 0 bridgehead atoms. The predicted molar refractivity (Wildman–Crippen MR) is 65.2 cm³/mol. The second kappa shape index (κ2) is 4.85. The average molecular weight is 305 g/mol. The summed E-state index contributed by atoms with van der Waals surface area (Å²) in [7, 11) is -3.22. The van der Waals surface area contributed by atoms with Gasteiger partial charge in [-0.1, -0.05) is 22.0 Å². The Labute approximate surface area is 104 Å². The second-order valence-corrected chi connectivity index (χ2v) is 6.82. The number of sulfone groups is 1. The predicted octanol–water partition coefficient (Wildman–Crippen LogP) is 2.40. The highest BCUT2D eigenvalue weighted by Gasteiger charge is 2.24. The van der Waals surface area contributed by atoms with E-state index in [1.807, 2.05) is 6.07 Å². The molecule has 0 amide bonds. The Morgan fingerprint density at radius 3 is 2.88 bits per heavy atom. The number of hydrogen-bond donors (Lipinski definition) is 0. The van der Waals surface area contributed by atoms with E-state index in [2.05, 4.69) is 15.9 Å². The number of hydrogen-bond acceptors (Lipinski definition) is 3. The molecular weight excluding hydrogens is 292 g/mol. The molecule has 1 aromatic carbocycles. The van der Waals surface area contributed by atoms with Gasteiger partial charge in [0.2, 0.25) is 0 Å². The molecule has 1 aliphatic heterocycles. The lowest BCUT2D eigenvalue weighted by Gasteiger charge is -2.10. The fourth-order valence-electron chi connectivity index (χ4n) is 1.78. The third-order valence-corrected chi connectivity index (χ3v) is 4.86. The first kappa shape index (κ1) is 12.1. The van der Waals surface area contributed by atoms with Crippen LogP contribution in [-0.4, -0.2) is 26.9 Å². The lowest BCUT2D eigenvalue weighted by atomic mass is 10.3. The van der Waals surface area contributed by atoms with Gasteiger partial charge >= 0.3 is 0 Å². The van der Waals surface area contributed by atoms with Crippen molar-refractivity contribution in [1.82, 2.24) is 0 Å². The van der Waals surface area contributed by atoms with Crippen LogP contribution < -0.4 is 0 Å². The SMILES string of the molecule is O=S(=O)(C[C@H]1CCCO1)c1cccc(Br)c1. The van der Waals surface area contributed by atoms with E-state index in [1.54, 1.807) is 18.2 Å². The molecule has 0 aromatic heterocycles. The highest BCUT2D eigenvalue weighted by Crippen LogP contribution is 2.21. The Morgan fingerprint density at radius 1 is 1.44 bits per heavy atom. The average Bonchev–Trinajstić information content (AvgIpc) is 2.70. The van der Waals surface area contributed by atoms with Gasteiger partial charge in [-0.2, -0.15) is 0 Å². The van der Waals surface area contributed by atoms with Crippen LogP contribution in [0.5, 0.6) is 0 Å². The van der Waals surface area contributed by atoms with Crippen LogP contribution in [0.15, 0.2) is 33.6 Å². The van der Waals surface area contributed by atoms with E-state index in [1.165, 1.54) is 0 Å². The minimum atomic E-state index is -3.22. The maximum Gasteiger partial charge on any atom is 0.180 e. The molecule has 0 N–H and O–H groups in total. The van der Waals surface area contributed by atoms with Gasteiger partial charge in [-0.3, -0.25) is 0 Å². The largest absolute Gasteiger partial charge is 0.377 e. The Bertz CT molecular complexity index is 464. The normalized spacial score (nSPS) is 21.2. The maximum absolute atomic E-state index is 12.0. The smallest absolute Gasteiger partial charge is 0.180 e. The number of halogens is 1. The van der Waals surface area contributed by atoms with Crippen molar-refractivity contribution in [3.8, 4) is 0 Å². The van der Waals surface area contributed by atoms with Crippen LogP contribution in [0.3, 0.4) is 0 Å². The van der Waals surface area contributed by atoms with Gasteiger partial charge in [0.05, 0.1) is 16.8 Å². The highest BCUT2D eigenvalue weighted by molar-refractivity contribution is 9.10. The lowest BCUT2D eigenvalue weighted by molar-refractivity contribution is 0.127. The van der Waals surface area contributed by atoms with Gasteiger partial charge in [0, 0.05) is 11.1 Å². The Balaban J connectivity index is 2.18. The van der Waals surface area contributed by atoms with Crippen molar-refractivity contribution in [2.24, 2.45) is 0 Å². The molecule has 0 saturated carbocycles. The van der Waals surface area contributed by atoms with Crippen molar-refractivity contribution in [3.63, 3.8) is 0 Å². The summed E-state index contributed by atoms with van der Waals surface area (Å²) in [5.74, 6) is 0.0868. The van der Waals surface area contributed by atoms with E-state index in [-0.39, 0.29) is 11.9 Å².